The summed E-state index contributed by atoms with van der Waals surface area (Å²) in [6, 6.07) is 11.8. The van der Waals surface area contributed by atoms with Crippen LogP contribution < -0.4 is 10.1 Å². The molecule has 1 aliphatic rings. The third-order valence-corrected chi connectivity index (χ3v) is 8.46. The molecule has 0 bridgehead atoms. The molecular weight excluding hydrogens is 564 g/mol. The van der Waals surface area contributed by atoms with Crippen molar-refractivity contribution in [3.05, 3.63) is 82.0 Å². The minimum absolute atomic E-state index is 0.00323. The Morgan fingerprint density at radius 2 is 1.66 bits per heavy atom. The second-order valence-electron chi connectivity index (χ2n) is 9.47. The van der Waals surface area contributed by atoms with E-state index in [0.717, 1.165) is 72.3 Å². The highest BCUT2D eigenvalue weighted by Crippen LogP contribution is 2.40. The molecule has 5 nitrogen and oxygen atoms in total. The lowest BCUT2D eigenvalue weighted by Gasteiger charge is -2.34. The predicted molar refractivity (Wildman–Crippen MR) is 166 cm³/mol. The van der Waals surface area contributed by atoms with Crippen molar-refractivity contribution in [3.63, 3.8) is 0 Å². The highest BCUT2D eigenvalue weighted by molar-refractivity contribution is 7.21. The average Bonchev–Trinajstić information content (AvgIpc) is 3.38. The van der Waals surface area contributed by atoms with Crippen LogP contribution in [0.1, 0.15) is 61.2 Å². The molecule has 1 N–H and O–H groups in total. The van der Waals surface area contributed by atoms with E-state index in [9.17, 15) is 13.6 Å². The molecule has 41 heavy (non-hydrogen) atoms. The van der Waals surface area contributed by atoms with Gasteiger partial charge in [-0.25, -0.2) is 8.78 Å². The fraction of sp³-hybridized carbons (Fsp3) is 0.375. The summed E-state index contributed by atoms with van der Waals surface area (Å²) in [6.07, 6.45) is 8.36. The lowest BCUT2D eigenvalue weighted by atomic mass is 9.93. The Balaban J connectivity index is 0.000000868. The van der Waals surface area contributed by atoms with Gasteiger partial charge in [0.2, 0.25) is 0 Å². The Bertz CT molecular complexity index is 1430. The average molecular weight is 602 g/mol. The van der Waals surface area contributed by atoms with Gasteiger partial charge in [0.25, 0.3) is 5.91 Å². The van der Waals surface area contributed by atoms with Crippen molar-refractivity contribution in [1.82, 2.24) is 15.2 Å². The van der Waals surface area contributed by atoms with Crippen LogP contribution in [-0.2, 0) is 6.54 Å². The van der Waals surface area contributed by atoms with Gasteiger partial charge in [0, 0.05) is 30.5 Å². The first-order chi connectivity index (χ1) is 19.9. The summed E-state index contributed by atoms with van der Waals surface area (Å²) in [6.45, 7) is 4.29. The first kappa shape index (κ1) is 32.4. The van der Waals surface area contributed by atoms with Gasteiger partial charge in [-0.05, 0) is 74.5 Å². The number of halogens is 3. The number of hydrogen-bond acceptors (Lipinski definition) is 5. The summed E-state index contributed by atoms with van der Waals surface area (Å²) in [7, 11) is 5.35. The van der Waals surface area contributed by atoms with Crippen LogP contribution in [0.4, 0.5) is 8.78 Å². The van der Waals surface area contributed by atoms with E-state index in [2.05, 4.69) is 10.3 Å². The Labute approximate surface area is 250 Å². The molecule has 0 spiro atoms. The topological polar surface area (TPSA) is 54.5 Å². The Morgan fingerprint density at radius 1 is 1.02 bits per heavy atom. The maximum absolute atomic E-state index is 14.5. The number of pyridine rings is 1. The van der Waals surface area contributed by atoms with Crippen LogP contribution in [-0.4, -0.2) is 43.0 Å². The number of benzene rings is 2. The lowest BCUT2D eigenvalue weighted by molar-refractivity contribution is 0.0618. The maximum Gasteiger partial charge on any atom is 0.266 e. The van der Waals surface area contributed by atoms with E-state index in [0.29, 0.717) is 12.3 Å². The molecule has 0 aliphatic heterocycles. The van der Waals surface area contributed by atoms with Crippen molar-refractivity contribution in [3.8, 4) is 16.9 Å². The summed E-state index contributed by atoms with van der Waals surface area (Å²) in [5.41, 5.74) is 2.83. The zero-order valence-electron chi connectivity index (χ0n) is 24.3. The van der Waals surface area contributed by atoms with Crippen molar-refractivity contribution >= 4 is 38.9 Å². The molecule has 1 fully saturated rings. The van der Waals surface area contributed by atoms with Gasteiger partial charge in [0.05, 0.1) is 22.2 Å². The highest BCUT2D eigenvalue weighted by Gasteiger charge is 2.31. The zero-order chi connectivity index (χ0) is 29.9. The maximum atomic E-state index is 14.5. The monoisotopic (exact) mass is 601 g/mol. The summed E-state index contributed by atoms with van der Waals surface area (Å²) in [4.78, 5) is 20.0. The number of carbonyl (C=O) groups is 1. The highest BCUT2D eigenvalue weighted by atomic mass is 35.5. The van der Waals surface area contributed by atoms with Crippen molar-refractivity contribution < 1.29 is 18.3 Å². The third kappa shape index (κ3) is 7.61. The van der Waals surface area contributed by atoms with Gasteiger partial charge in [0.15, 0.2) is 0 Å². The Morgan fingerprint density at radius 3 is 2.27 bits per heavy atom. The summed E-state index contributed by atoms with van der Waals surface area (Å²) in [5.74, 6) is -0.875. The fourth-order valence-corrected chi connectivity index (χ4v) is 6.44. The van der Waals surface area contributed by atoms with E-state index in [-0.39, 0.29) is 31.9 Å². The number of thiophene rings is 1. The smallest absolute Gasteiger partial charge is 0.266 e. The molecule has 2 heterocycles. The molecule has 0 atom stereocenters. The predicted octanol–water partition coefficient (Wildman–Crippen LogP) is 8.74. The van der Waals surface area contributed by atoms with Crippen LogP contribution in [0.25, 0.3) is 21.2 Å². The SMILES string of the molecule is CC.CNC.COc1ccc(-c2ccncc2)cc1CN(C(=O)c1sc2c(F)ccc(F)c2c1Cl)C1CCCCC1. The second-order valence-corrected chi connectivity index (χ2v) is 10.9. The molecule has 2 aromatic heterocycles. The number of carbonyl (C=O) groups excluding carboxylic acids is 1. The number of aromatic nitrogens is 1. The van der Waals surface area contributed by atoms with Gasteiger partial charge in [-0.2, -0.15) is 0 Å². The molecule has 9 heteroatoms. The minimum Gasteiger partial charge on any atom is -0.496 e. The molecule has 0 radical (unpaired) electrons. The molecule has 1 aliphatic carbocycles. The minimum atomic E-state index is -0.636. The molecule has 4 aromatic rings. The van der Waals surface area contributed by atoms with Gasteiger partial charge < -0.3 is 15.0 Å². The van der Waals surface area contributed by atoms with Crippen molar-refractivity contribution in [2.45, 2.75) is 58.5 Å². The van der Waals surface area contributed by atoms with E-state index in [1.807, 2.05) is 58.3 Å². The normalized spacial score (nSPS) is 13.1. The third-order valence-electron chi connectivity index (χ3n) is 6.79. The largest absolute Gasteiger partial charge is 0.496 e. The van der Waals surface area contributed by atoms with E-state index in [1.165, 1.54) is 0 Å². The molecule has 0 saturated heterocycles. The van der Waals surface area contributed by atoms with Gasteiger partial charge in [0.1, 0.15) is 22.3 Å². The lowest BCUT2D eigenvalue weighted by Crippen LogP contribution is -2.40. The number of amides is 1. The zero-order valence-corrected chi connectivity index (χ0v) is 25.8. The van der Waals surface area contributed by atoms with Crippen LogP contribution in [0.2, 0.25) is 5.02 Å². The van der Waals surface area contributed by atoms with Crippen molar-refractivity contribution in [2.24, 2.45) is 0 Å². The molecule has 2 aromatic carbocycles. The number of nitrogens with one attached hydrogen (secondary N) is 1. The second kappa shape index (κ2) is 15.8. The van der Waals surface area contributed by atoms with Crippen LogP contribution in [0.15, 0.2) is 54.9 Å². The standard InChI is InChI=1S/C28H25ClF2N2O2S.C2H7N.C2H6/c1-35-23-10-7-18(17-11-13-32-14-12-17)15-19(23)16-33(20-5-3-2-4-6-20)28(34)27-25(29)24-21(30)8-9-22(31)26(24)36-27;1-3-2;1-2/h7-15,20H,2-6,16H2,1H3;3H,1-2H3;1-2H3. The number of methoxy groups -OCH3 is 1. The van der Waals surface area contributed by atoms with Gasteiger partial charge in [-0.3, -0.25) is 9.78 Å². The molecular formula is C32H38ClF2N3O2S. The Hall–Kier alpha value is -3.07. The van der Waals surface area contributed by atoms with Crippen molar-refractivity contribution in [2.75, 3.05) is 21.2 Å². The number of rotatable bonds is 6. The van der Waals surface area contributed by atoms with E-state index >= 15 is 0 Å². The Kier molecular flexibility index (Phi) is 12.5. The van der Waals surface area contributed by atoms with Crippen LogP contribution in [0, 0.1) is 11.6 Å². The molecule has 5 rings (SSSR count). The summed E-state index contributed by atoms with van der Waals surface area (Å²) >= 11 is 7.41. The molecule has 0 unspecified atom stereocenters. The quantitative estimate of drug-likeness (QED) is 0.240. The van der Waals surface area contributed by atoms with Crippen LogP contribution >= 0.6 is 22.9 Å². The number of nitrogens with zero attached hydrogens (tertiary/aromatic N) is 2. The number of hydrogen-bond donors (Lipinski definition) is 1. The molecule has 1 saturated carbocycles. The fourth-order valence-electron chi connectivity index (χ4n) is 4.93. The van der Waals surface area contributed by atoms with E-state index < -0.39 is 11.6 Å². The van der Waals surface area contributed by atoms with Crippen LogP contribution in [0.3, 0.4) is 0 Å². The first-order valence-corrected chi connectivity index (χ1v) is 15.1. The first-order valence-electron chi connectivity index (χ1n) is 13.9. The van der Waals surface area contributed by atoms with Gasteiger partial charge in [-0.15, -0.1) is 11.3 Å². The van der Waals surface area contributed by atoms with Crippen LogP contribution in [0.5, 0.6) is 5.75 Å². The van der Waals surface area contributed by atoms with E-state index in [4.69, 9.17) is 16.3 Å². The number of ether oxygens (including phenoxy) is 1. The molecule has 220 valence electrons. The van der Waals surface area contributed by atoms with Crippen molar-refractivity contribution in [1.29, 1.82) is 0 Å². The van der Waals surface area contributed by atoms with Gasteiger partial charge >= 0.3 is 0 Å². The summed E-state index contributed by atoms with van der Waals surface area (Å²) in [5, 5.41) is 2.68. The molecule has 1 amide bonds. The summed E-state index contributed by atoms with van der Waals surface area (Å²) < 4.78 is 34.7. The van der Waals surface area contributed by atoms with E-state index in [1.54, 1.807) is 24.4 Å². The van der Waals surface area contributed by atoms with Gasteiger partial charge in [-0.1, -0.05) is 50.8 Å². The number of fused-ring (bicyclic) bond motifs is 1.